The number of fused-ring (bicyclic) bond motifs is 1. The number of carboxylic acid groups (broad SMARTS) is 1. The highest BCUT2D eigenvalue weighted by molar-refractivity contribution is 5.68. The summed E-state index contributed by atoms with van der Waals surface area (Å²) in [6.45, 7) is 5.15. The van der Waals surface area contributed by atoms with E-state index >= 15 is 0 Å². The molecule has 2 rings (SSSR count). The molecular formula is C16H23NO4. The molecule has 5 heteroatoms. The lowest BCUT2D eigenvalue weighted by Gasteiger charge is -2.29. The quantitative estimate of drug-likeness (QED) is 0.771. The van der Waals surface area contributed by atoms with Gasteiger partial charge in [-0.3, -0.25) is 4.79 Å². The summed E-state index contributed by atoms with van der Waals surface area (Å²) in [5.74, 6) is 0.775. The molecule has 0 amide bonds. The van der Waals surface area contributed by atoms with Gasteiger partial charge in [0.25, 0.3) is 0 Å². The average Bonchev–Trinajstić information content (AvgIpc) is 2.90. The van der Waals surface area contributed by atoms with Crippen LogP contribution in [0.4, 0.5) is 0 Å². The van der Waals surface area contributed by atoms with Gasteiger partial charge in [0.1, 0.15) is 0 Å². The van der Waals surface area contributed by atoms with E-state index in [1.807, 2.05) is 25.1 Å². The van der Waals surface area contributed by atoms with E-state index in [0.29, 0.717) is 0 Å². The number of aliphatic carboxylic acids is 1. The van der Waals surface area contributed by atoms with Crippen molar-refractivity contribution >= 4 is 5.97 Å². The Labute approximate surface area is 125 Å². The molecule has 1 heterocycles. The first-order chi connectivity index (χ1) is 10.0. The summed E-state index contributed by atoms with van der Waals surface area (Å²) in [5.41, 5.74) is 0.743. The van der Waals surface area contributed by atoms with Gasteiger partial charge in [-0.25, -0.2) is 0 Å². The number of hydrogen-bond donors (Lipinski definition) is 2. The maximum atomic E-state index is 11.1. The molecule has 1 aromatic rings. The summed E-state index contributed by atoms with van der Waals surface area (Å²) in [6.07, 6.45) is 2.67. The van der Waals surface area contributed by atoms with Crippen LogP contribution < -0.4 is 14.8 Å². The largest absolute Gasteiger partial charge is 0.481 e. The van der Waals surface area contributed by atoms with Crippen LogP contribution in [0.5, 0.6) is 11.5 Å². The molecular weight excluding hydrogens is 270 g/mol. The molecule has 1 unspecified atom stereocenters. The van der Waals surface area contributed by atoms with Crippen molar-refractivity contribution in [2.75, 3.05) is 13.3 Å². The molecule has 0 aromatic heterocycles. The van der Waals surface area contributed by atoms with Crippen LogP contribution in [0, 0.1) is 0 Å². The molecule has 0 radical (unpaired) electrons. The van der Waals surface area contributed by atoms with Crippen LogP contribution in [0.15, 0.2) is 18.2 Å². The summed E-state index contributed by atoms with van der Waals surface area (Å²) < 4.78 is 10.7. The molecule has 0 aliphatic carbocycles. The first-order valence-corrected chi connectivity index (χ1v) is 7.38. The SMILES string of the molecule is CCCNC(C)(CCc1ccc2c(c1)OCO2)CC(=O)O. The zero-order valence-corrected chi connectivity index (χ0v) is 12.6. The molecule has 5 nitrogen and oxygen atoms in total. The number of aryl methyl sites for hydroxylation is 1. The van der Waals surface area contributed by atoms with E-state index in [9.17, 15) is 4.79 Å². The molecule has 0 fully saturated rings. The molecule has 1 aliphatic heterocycles. The second-order valence-corrected chi connectivity index (χ2v) is 5.75. The van der Waals surface area contributed by atoms with E-state index in [0.717, 1.165) is 42.9 Å². The van der Waals surface area contributed by atoms with Gasteiger partial charge in [-0.05, 0) is 50.4 Å². The van der Waals surface area contributed by atoms with Crippen molar-refractivity contribution in [3.05, 3.63) is 23.8 Å². The van der Waals surface area contributed by atoms with Crippen molar-refractivity contribution in [2.24, 2.45) is 0 Å². The number of ether oxygens (including phenoxy) is 2. The highest BCUT2D eigenvalue weighted by Crippen LogP contribution is 2.33. The maximum absolute atomic E-state index is 11.1. The lowest BCUT2D eigenvalue weighted by molar-refractivity contribution is -0.138. The molecule has 0 bridgehead atoms. The summed E-state index contributed by atoms with van der Waals surface area (Å²) >= 11 is 0. The Kier molecular flexibility index (Phi) is 5.07. The van der Waals surface area contributed by atoms with E-state index in [2.05, 4.69) is 12.2 Å². The number of carbonyl (C=O) groups is 1. The summed E-state index contributed by atoms with van der Waals surface area (Å²) in [5, 5.41) is 12.5. The van der Waals surface area contributed by atoms with Gasteiger partial charge in [0, 0.05) is 5.54 Å². The van der Waals surface area contributed by atoms with Gasteiger partial charge >= 0.3 is 5.97 Å². The first-order valence-electron chi connectivity index (χ1n) is 7.38. The molecule has 0 saturated carbocycles. The van der Waals surface area contributed by atoms with Crippen LogP contribution in [-0.4, -0.2) is 30.0 Å². The minimum atomic E-state index is -0.771. The van der Waals surface area contributed by atoms with Crippen LogP contribution in [0.1, 0.15) is 38.7 Å². The average molecular weight is 293 g/mol. The molecule has 116 valence electrons. The van der Waals surface area contributed by atoms with E-state index in [1.165, 1.54) is 0 Å². The number of benzene rings is 1. The third-order valence-electron chi connectivity index (χ3n) is 3.75. The molecule has 1 aliphatic rings. The molecule has 21 heavy (non-hydrogen) atoms. The fourth-order valence-electron chi connectivity index (χ4n) is 2.52. The third kappa shape index (κ3) is 4.36. The first kappa shape index (κ1) is 15.6. The second-order valence-electron chi connectivity index (χ2n) is 5.75. The van der Waals surface area contributed by atoms with Crippen LogP contribution >= 0.6 is 0 Å². The van der Waals surface area contributed by atoms with E-state index < -0.39 is 11.5 Å². The Morgan fingerprint density at radius 1 is 1.38 bits per heavy atom. The summed E-state index contributed by atoms with van der Waals surface area (Å²) in [7, 11) is 0. The summed E-state index contributed by atoms with van der Waals surface area (Å²) in [6, 6.07) is 5.89. The van der Waals surface area contributed by atoms with Crippen molar-refractivity contribution in [3.63, 3.8) is 0 Å². The highest BCUT2D eigenvalue weighted by Gasteiger charge is 2.26. The van der Waals surface area contributed by atoms with E-state index in [4.69, 9.17) is 14.6 Å². The van der Waals surface area contributed by atoms with Gasteiger partial charge in [-0.1, -0.05) is 13.0 Å². The number of rotatable bonds is 8. The zero-order valence-electron chi connectivity index (χ0n) is 12.6. The maximum Gasteiger partial charge on any atom is 0.305 e. The van der Waals surface area contributed by atoms with Gasteiger partial charge in [0.2, 0.25) is 6.79 Å². The smallest absolute Gasteiger partial charge is 0.305 e. The Morgan fingerprint density at radius 2 is 2.14 bits per heavy atom. The highest BCUT2D eigenvalue weighted by atomic mass is 16.7. The Hall–Kier alpha value is -1.75. The summed E-state index contributed by atoms with van der Waals surface area (Å²) in [4.78, 5) is 11.1. The van der Waals surface area contributed by atoms with Crippen LogP contribution in [0.3, 0.4) is 0 Å². The minimum Gasteiger partial charge on any atom is -0.481 e. The second kappa shape index (κ2) is 6.80. The topological polar surface area (TPSA) is 67.8 Å². The minimum absolute atomic E-state index is 0.123. The number of hydrogen-bond acceptors (Lipinski definition) is 4. The monoisotopic (exact) mass is 293 g/mol. The Balaban J connectivity index is 1.98. The van der Waals surface area contributed by atoms with Crippen molar-refractivity contribution in [1.29, 1.82) is 0 Å². The van der Waals surface area contributed by atoms with Gasteiger partial charge in [0.05, 0.1) is 6.42 Å². The fourth-order valence-corrected chi connectivity index (χ4v) is 2.52. The van der Waals surface area contributed by atoms with Crippen LogP contribution in [-0.2, 0) is 11.2 Å². The van der Waals surface area contributed by atoms with E-state index in [-0.39, 0.29) is 13.2 Å². The zero-order chi connectivity index (χ0) is 15.3. The standard InChI is InChI=1S/C16H23NO4/c1-3-8-17-16(2,10-15(18)19)7-6-12-4-5-13-14(9-12)21-11-20-13/h4-5,9,17H,3,6-8,10-11H2,1-2H3,(H,18,19). The van der Waals surface area contributed by atoms with Gasteiger partial charge < -0.3 is 19.9 Å². The predicted molar refractivity (Wildman–Crippen MR) is 79.8 cm³/mol. The van der Waals surface area contributed by atoms with Gasteiger partial charge in [-0.2, -0.15) is 0 Å². The molecule has 0 saturated heterocycles. The van der Waals surface area contributed by atoms with Crippen molar-refractivity contribution < 1.29 is 19.4 Å². The van der Waals surface area contributed by atoms with Crippen molar-refractivity contribution in [3.8, 4) is 11.5 Å². The number of carboxylic acids is 1. The lowest BCUT2D eigenvalue weighted by atomic mass is 9.89. The Bertz CT molecular complexity index is 503. The number of nitrogens with one attached hydrogen (secondary N) is 1. The molecule has 0 spiro atoms. The van der Waals surface area contributed by atoms with Crippen molar-refractivity contribution in [2.45, 2.75) is 45.1 Å². The van der Waals surface area contributed by atoms with Crippen molar-refractivity contribution in [1.82, 2.24) is 5.32 Å². The fraction of sp³-hybridized carbons (Fsp3) is 0.562. The Morgan fingerprint density at radius 3 is 2.86 bits per heavy atom. The third-order valence-corrected chi connectivity index (χ3v) is 3.75. The lowest BCUT2D eigenvalue weighted by Crippen LogP contribution is -2.45. The van der Waals surface area contributed by atoms with Gasteiger partial charge in [0.15, 0.2) is 11.5 Å². The molecule has 1 aromatic carbocycles. The van der Waals surface area contributed by atoms with Crippen LogP contribution in [0.2, 0.25) is 0 Å². The van der Waals surface area contributed by atoms with Gasteiger partial charge in [-0.15, -0.1) is 0 Å². The van der Waals surface area contributed by atoms with Crippen LogP contribution in [0.25, 0.3) is 0 Å². The molecule has 2 N–H and O–H groups in total. The van der Waals surface area contributed by atoms with E-state index in [1.54, 1.807) is 0 Å². The predicted octanol–water partition coefficient (Wildman–Crippen LogP) is 2.58. The normalized spacial score (nSPS) is 15.7. The molecule has 1 atom stereocenters.